The molecule has 5 N–H and O–H groups in total. The Hall–Kier alpha value is -2.37. The SMILES string of the molecule is C[C@H](NC(=O)c1cc(S(N)(=O)=O)c(Cl)cc1N)C(=O)N1CCC[C@H]1C(=O)OC(C)(C)C. The molecule has 0 bridgehead atoms. The first-order valence-electron chi connectivity index (χ1n) is 9.58. The minimum Gasteiger partial charge on any atom is -0.458 e. The Morgan fingerprint density at radius 3 is 2.45 bits per heavy atom. The van der Waals surface area contributed by atoms with Crippen LogP contribution >= 0.6 is 11.6 Å². The zero-order valence-corrected chi connectivity index (χ0v) is 19.3. The van der Waals surface area contributed by atoms with Crippen LogP contribution in [0, 0.1) is 0 Å². The summed E-state index contributed by atoms with van der Waals surface area (Å²) in [7, 11) is -4.19. The summed E-state index contributed by atoms with van der Waals surface area (Å²) in [4.78, 5) is 38.9. The lowest BCUT2D eigenvalue weighted by atomic mass is 10.1. The highest BCUT2D eigenvalue weighted by Crippen LogP contribution is 2.27. The number of anilines is 1. The molecular formula is C19H27ClN4O6S. The summed E-state index contributed by atoms with van der Waals surface area (Å²) in [6.45, 7) is 7.02. The Balaban J connectivity index is 2.18. The maximum absolute atomic E-state index is 12.9. The molecule has 1 heterocycles. The number of nitrogens with two attached hydrogens (primary N) is 2. The second-order valence-electron chi connectivity index (χ2n) is 8.33. The fourth-order valence-corrected chi connectivity index (χ4v) is 4.32. The fourth-order valence-electron chi connectivity index (χ4n) is 3.21. The molecule has 172 valence electrons. The van der Waals surface area contributed by atoms with Crippen molar-refractivity contribution in [3.05, 3.63) is 22.7 Å². The molecule has 31 heavy (non-hydrogen) atoms. The Morgan fingerprint density at radius 1 is 1.29 bits per heavy atom. The van der Waals surface area contributed by atoms with Crippen LogP contribution in [0.2, 0.25) is 5.02 Å². The number of ether oxygens (including phenoxy) is 1. The van der Waals surface area contributed by atoms with E-state index >= 15 is 0 Å². The number of halogens is 1. The van der Waals surface area contributed by atoms with Crippen LogP contribution in [0.1, 0.15) is 50.9 Å². The van der Waals surface area contributed by atoms with Crippen LogP contribution in [0.15, 0.2) is 17.0 Å². The number of carbonyl (C=O) groups excluding carboxylic acids is 3. The Bertz CT molecular complexity index is 1010. The Labute approximate surface area is 186 Å². The van der Waals surface area contributed by atoms with Gasteiger partial charge in [0, 0.05) is 12.2 Å². The number of amides is 2. The van der Waals surface area contributed by atoms with E-state index in [-0.39, 0.29) is 16.3 Å². The largest absolute Gasteiger partial charge is 0.458 e. The molecule has 2 atom stereocenters. The van der Waals surface area contributed by atoms with Gasteiger partial charge in [0.15, 0.2) is 0 Å². The molecule has 1 aromatic rings. The van der Waals surface area contributed by atoms with Crippen LogP contribution < -0.4 is 16.2 Å². The van der Waals surface area contributed by atoms with Crippen LogP contribution in [0.5, 0.6) is 0 Å². The summed E-state index contributed by atoms with van der Waals surface area (Å²) in [6.07, 6.45) is 1.08. The fraction of sp³-hybridized carbons (Fsp3) is 0.526. The summed E-state index contributed by atoms with van der Waals surface area (Å²) in [5.74, 6) is -1.76. The number of carbonyl (C=O) groups is 3. The molecule has 10 nitrogen and oxygen atoms in total. The van der Waals surface area contributed by atoms with Gasteiger partial charge >= 0.3 is 5.97 Å². The average Bonchev–Trinajstić information content (AvgIpc) is 3.08. The van der Waals surface area contributed by atoms with Crippen molar-refractivity contribution in [2.75, 3.05) is 12.3 Å². The number of benzene rings is 1. The van der Waals surface area contributed by atoms with Gasteiger partial charge in [0.1, 0.15) is 22.6 Å². The summed E-state index contributed by atoms with van der Waals surface area (Å²) in [5.41, 5.74) is 4.82. The van der Waals surface area contributed by atoms with E-state index in [1.165, 1.54) is 11.8 Å². The summed E-state index contributed by atoms with van der Waals surface area (Å²) >= 11 is 5.85. The minimum atomic E-state index is -4.19. The topological polar surface area (TPSA) is 162 Å². The van der Waals surface area contributed by atoms with Gasteiger partial charge in [-0.05, 0) is 52.7 Å². The van der Waals surface area contributed by atoms with E-state index in [0.29, 0.717) is 19.4 Å². The highest BCUT2D eigenvalue weighted by Gasteiger charge is 2.38. The third kappa shape index (κ3) is 6.08. The molecule has 1 aromatic carbocycles. The maximum Gasteiger partial charge on any atom is 0.329 e. The molecule has 1 aliphatic rings. The number of nitrogens with one attached hydrogen (secondary N) is 1. The number of sulfonamides is 1. The molecule has 0 unspecified atom stereocenters. The summed E-state index contributed by atoms with van der Waals surface area (Å²) < 4.78 is 28.7. The second kappa shape index (κ2) is 9.01. The van der Waals surface area contributed by atoms with E-state index in [0.717, 1.165) is 12.1 Å². The molecule has 2 rings (SSSR count). The van der Waals surface area contributed by atoms with Gasteiger partial charge < -0.3 is 20.7 Å². The van der Waals surface area contributed by atoms with Crippen LogP contribution in [0.3, 0.4) is 0 Å². The van der Waals surface area contributed by atoms with Crippen molar-refractivity contribution in [1.82, 2.24) is 10.2 Å². The second-order valence-corrected chi connectivity index (χ2v) is 10.3. The predicted octanol–water partition coefficient (Wildman–Crippen LogP) is 1.02. The minimum absolute atomic E-state index is 0.0812. The van der Waals surface area contributed by atoms with E-state index in [1.807, 2.05) is 0 Å². The van der Waals surface area contributed by atoms with Crippen LogP contribution in [-0.2, 0) is 24.3 Å². The quantitative estimate of drug-likeness (QED) is 0.423. The molecule has 1 fully saturated rings. The zero-order valence-electron chi connectivity index (χ0n) is 17.8. The molecule has 0 aromatic heterocycles. The number of rotatable bonds is 5. The molecule has 12 heteroatoms. The van der Waals surface area contributed by atoms with Gasteiger partial charge in [-0.1, -0.05) is 11.6 Å². The monoisotopic (exact) mass is 474 g/mol. The van der Waals surface area contributed by atoms with Crippen molar-refractivity contribution in [2.45, 2.75) is 63.1 Å². The standard InChI is InChI=1S/C19H27ClN4O6S/c1-10(17(26)24-7-5-6-14(24)18(27)30-19(2,3)4)23-16(25)11-8-15(31(22,28)29)12(20)9-13(11)21/h8-10,14H,5-7,21H2,1-4H3,(H,23,25)(H2,22,28,29)/t10-,14-/m0/s1. The Morgan fingerprint density at radius 2 is 1.90 bits per heavy atom. The number of hydrogen-bond acceptors (Lipinski definition) is 7. The highest BCUT2D eigenvalue weighted by molar-refractivity contribution is 7.89. The van der Waals surface area contributed by atoms with Gasteiger partial charge in [-0.25, -0.2) is 18.4 Å². The van der Waals surface area contributed by atoms with Crippen molar-refractivity contribution < 1.29 is 27.5 Å². The molecule has 0 aliphatic carbocycles. The lowest BCUT2D eigenvalue weighted by Crippen LogP contribution is -2.51. The number of esters is 1. The highest BCUT2D eigenvalue weighted by atomic mass is 35.5. The van der Waals surface area contributed by atoms with Gasteiger partial charge in [-0.2, -0.15) is 0 Å². The maximum atomic E-state index is 12.9. The van der Waals surface area contributed by atoms with Gasteiger partial charge in [-0.15, -0.1) is 0 Å². The van der Waals surface area contributed by atoms with Crippen LogP contribution in [0.4, 0.5) is 5.69 Å². The number of nitrogen functional groups attached to an aromatic ring is 1. The third-order valence-corrected chi connectivity index (χ3v) is 5.96. The van der Waals surface area contributed by atoms with Crippen molar-refractivity contribution in [2.24, 2.45) is 5.14 Å². The molecule has 2 amide bonds. The van der Waals surface area contributed by atoms with Crippen molar-refractivity contribution in [1.29, 1.82) is 0 Å². The molecule has 0 saturated carbocycles. The van der Waals surface area contributed by atoms with Gasteiger partial charge in [0.25, 0.3) is 5.91 Å². The van der Waals surface area contributed by atoms with E-state index in [4.69, 9.17) is 27.2 Å². The predicted molar refractivity (Wildman–Crippen MR) is 115 cm³/mol. The molecular weight excluding hydrogens is 448 g/mol. The normalized spacial score (nSPS) is 17.9. The lowest BCUT2D eigenvalue weighted by molar-refractivity contribution is -0.163. The van der Waals surface area contributed by atoms with Crippen LogP contribution in [-0.4, -0.2) is 55.3 Å². The lowest BCUT2D eigenvalue weighted by Gasteiger charge is -2.29. The molecule has 1 aliphatic heterocycles. The summed E-state index contributed by atoms with van der Waals surface area (Å²) in [5, 5.41) is 7.36. The zero-order chi connectivity index (χ0) is 23.7. The van der Waals surface area contributed by atoms with E-state index < -0.39 is 50.4 Å². The van der Waals surface area contributed by atoms with E-state index in [2.05, 4.69) is 5.32 Å². The van der Waals surface area contributed by atoms with Gasteiger partial charge in [0.05, 0.1) is 10.6 Å². The third-order valence-electron chi connectivity index (χ3n) is 4.59. The van der Waals surface area contributed by atoms with E-state index in [1.54, 1.807) is 20.8 Å². The number of primary sulfonamides is 1. The number of hydrogen-bond donors (Lipinski definition) is 3. The van der Waals surface area contributed by atoms with Crippen molar-refractivity contribution in [3.63, 3.8) is 0 Å². The molecule has 1 saturated heterocycles. The van der Waals surface area contributed by atoms with Crippen molar-refractivity contribution >= 4 is 45.1 Å². The first kappa shape index (κ1) is 24.9. The van der Waals surface area contributed by atoms with Gasteiger partial charge in [-0.3, -0.25) is 9.59 Å². The van der Waals surface area contributed by atoms with Crippen molar-refractivity contribution in [3.8, 4) is 0 Å². The first-order valence-corrected chi connectivity index (χ1v) is 11.5. The average molecular weight is 475 g/mol. The number of likely N-dealkylation sites (tertiary alicyclic amines) is 1. The van der Waals surface area contributed by atoms with Gasteiger partial charge in [0.2, 0.25) is 15.9 Å². The first-order chi connectivity index (χ1) is 14.1. The van der Waals surface area contributed by atoms with Crippen LogP contribution in [0.25, 0.3) is 0 Å². The summed E-state index contributed by atoms with van der Waals surface area (Å²) in [6, 6.07) is 0.310. The smallest absolute Gasteiger partial charge is 0.329 e. The Kier molecular flexibility index (Phi) is 7.24. The molecule has 0 spiro atoms. The van der Waals surface area contributed by atoms with E-state index in [9.17, 15) is 22.8 Å². The molecule has 0 radical (unpaired) electrons. The number of nitrogens with zero attached hydrogens (tertiary/aromatic N) is 1.